The van der Waals surface area contributed by atoms with Gasteiger partial charge in [0.2, 0.25) is 0 Å². The number of carboxylic acids is 1. The number of amides is 2. The number of carbonyl (C=O) groups is 3. The number of carboxylic acid groups (broad SMARTS) is 1. The van der Waals surface area contributed by atoms with Crippen LogP contribution in [0, 0.1) is 0 Å². The van der Waals surface area contributed by atoms with Gasteiger partial charge in [-0.15, -0.1) is 0 Å². The van der Waals surface area contributed by atoms with Gasteiger partial charge in [0.15, 0.2) is 5.69 Å². The highest BCUT2D eigenvalue weighted by molar-refractivity contribution is 5.95. The average Bonchev–Trinajstić information content (AvgIpc) is 3.37. The Kier molecular flexibility index (Phi) is 7.11. The van der Waals surface area contributed by atoms with E-state index in [-0.39, 0.29) is 37.2 Å². The van der Waals surface area contributed by atoms with Crippen LogP contribution >= 0.6 is 0 Å². The monoisotopic (exact) mass is 478 g/mol. The van der Waals surface area contributed by atoms with Crippen molar-refractivity contribution in [3.05, 3.63) is 71.4 Å². The summed E-state index contributed by atoms with van der Waals surface area (Å²) < 4.78 is 11.8. The molecule has 2 N–H and O–H groups in total. The molecule has 0 atom stereocenters. The van der Waals surface area contributed by atoms with E-state index >= 15 is 0 Å². The molecule has 10 heteroatoms. The van der Waals surface area contributed by atoms with Crippen molar-refractivity contribution in [1.82, 2.24) is 14.7 Å². The largest absolute Gasteiger partial charge is 0.480 e. The van der Waals surface area contributed by atoms with Gasteiger partial charge in [-0.25, -0.2) is 4.79 Å². The first kappa shape index (κ1) is 24.0. The Morgan fingerprint density at radius 3 is 2.31 bits per heavy atom. The third kappa shape index (κ3) is 5.17. The van der Waals surface area contributed by atoms with E-state index in [4.69, 9.17) is 14.6 Å². The molecule has 10 nitrogen and oxygen atoms in total. The molecule has 182 valence electrons. The predicted octanol–water partition coefficient (Wildman–Crippen LogP) is 2.95. The summed E-state index contributed by atoms with van der Waals surface area (Å²) in [7, 11) is 3.02. The molecule has 2 amide bonds. The number of aromatic nitrogens is 2. The number of aliphatic carboxylic acids is 1. The van der Waals surface area contributed by atoms with Crippen LogP contribution in [0.25, 0.3) is 11.1 Å². The van der Waals surface area contributed by atoms with Gasteiger partial charge in [-0.2, -0.15) is 5.10 Å². The molecule has 0 fully saturated rings. The average molecular weight is 479 g/mol. The molecule has 2 aromatic carbocycles. The minimum Gasteiger partial charge on any atom is -0.480 e. The summed E-state index contributed by atoms with van der Waals surface area (Å²) in [5.41, 5.74) is 4.46. The molecule has 35 heavy (non-hydrogen) atoms. The van der Waals surface area contributed by atoms with Crippen molar-refractivity contribution in [3.8, 4) is 11.1 Å². The summed E-state index contributed by atoms with van der Waals surface area (Å²) in [6.07, 6.45) is -0.685. The highest BCUT2D eigenvalue weighted by atomic mass is 16.5. The second-order valence-electron chi connectivity index (χ2n) is 8.10. The highest BCUT2D eigenvalue weighted by Gasteiger charge is 2.29. The van der Waals surface area contributed by atoms with Crippen molar-refractivity contribution in [3.63, 3.8) is 0 Å². The lowest BCUT2D eigenvalue weighted by Crippen LogP contribution is -2.38. The van der Waals surface area contributed by atoms with Gasteiger partial charge in [0.05, 0.1) is 6.61 Å². The number of carbonyl (C=O) groups excluding carboxylic acids is 2. The Hall–Kier alpha value is -4.18. The lowest BCUT2D eigenvalue weighted by molar-refractivity contribution is -0.137. The van der Waals surface area contributed by atoms with Crippen LogP contribution in [0.4, 0.5) is 10.6 Å². The number of methoxy groups -OCH3 is 1. The Morgan fingerprint density at radius 2 is 1.71 bits per heavy atom. The lowest BCUT2D eigenvalue weighted by atomic mass is 9.98. The fraction of sp³-hybridized carbons (Fsp3) is 0.280. The van der Waals surface area contributed by atoms with Crippen LogP contribution in [0.1, 0.15) is 27.5 Å². The first-order chi connectivity index (χ1) is 16.9. The Balaban J connectivity index is 1.42. The van der Waals surface area contributed by atoms with E-state index in [2.05, 4.69) is 22.5 Å². The summed E-state index contributed by atoms with van der Waals surface area (Å²) in [6, 6.07) is 17.5. The second kappa shape index (κ2) is 10.4. The van der Waals surface area contributed by atoms with Crippen LogP contribution in [-0.4, -0.2) is 71.2 Å². The minimum atomic E-state index is -1.15. The summed E-state index contributed by atoms with van der Waals surface area (Å²) in [4.78, 5) is 37.6. The molecule has 0 saturated carbocycles. The van der Waals surface area contributed by atoms with E-state index < -0.39 is 24.5 Å². The molecule has 0 spiro atoms. The minimum absolute atomic E-state index is 0.00111. The smallest absolute Gasteiger partial charge is 0.412 e. The molecule has 0 bridgehead atoms. The Bertz CT molecular complexity index is 1210. The maximum absolute atomic E-state index is 12.8. The number of hydrogen-bond acceptors (Lipinski definition) is 6. The molecule has 1 aliphatic carbocycles. The number of ether oxygens (including phenoxy) is 2. The number of aryl methyl sites for hydroxylation is 1. The molecule has 0 radical (unpaired) electrons. The quantitative estimate of drug-likeness (QED) is 0.485. The summed E-state index contributed by atoms with van der Waals surface area (Å²) in [5.74, 6) is -1.57. The maximum Gasteiger partial charge on any atom is 0.412 e. The number of rotatable bonds is 9. The molecule has 1 aliphatic rings. The normalized spacial score (nSPS) is 12.1. The molecular formula is C25H26N4O6. The number of anilines is 1. The predicted molar refractivity (Wildman–Crippen MR) is 127 cm³/mol. The van der Waals surface area contributed by atoms with Gasteiger partial charge in [0.1, 0.15) is 19.0 Å². The van der Waals surface area contributed by atoms with E-state index in [1.807, 2.05) is 36.4 Å². The van der Waals surface area contributed by atoms with E-state index in [0.29, 0.717) is 0 Å². The maximum atomic E-state index is 12.8. The number of benzene rings is 2. The van der Waals surface area contributed by atoms with Gasteiger partial charge in [0.25, 0.3) is 5.91 Å². The molecule has 0 saturated heterocycles. The van der Waals surface area contributed by atoms with Gasteiger partial charge in [-0.05, 0) is 22.3 Å². The summed E-state index contributed by atoms with van der Waals surface area (Å²) in [5, 5.41) is 15.8. The third-order valence-corrected chi connectivity index (χ3v) is 5.85. The van der Waals surface area contributed by atoms with Crippen molar-refractivity contribution >= 4 is 23.8 Å². The Labute approximate surface area is 202 Å². The molecular weight excluding hydrogens is 452 g/mol. The van der Waals surface area contributed by atoms with Crippen molar-refractivity contribution in [2.75, 3.05) is 38.7 Å². The van der Waals surface area contributed by atoms with Crippen molar-refractivity contribution in [2.24, 2.45) is 7.05 Å². The zero-order chi connectivity index (χ0) is 24.9. The molecule has 4 rings (SSSR count). The van der Waals surface area contributed by atoms with Crippen LogP contribution in [0.2, 0.25) is 0 Å². The van der Waals surface area contributed by atoms with Crippen LogP contribution < -0.4 is 5.32 Å². The lowest BCUT2D eigenvalue weighted by Gasteiger charge is -2.18. The fourth-order valence-corrected chi connectivity index (χ4v) is 4.21. The van der Waals surface area contributed by atoms with E-state index in [1.54, 1.807) is 7.05 Å². The topological polar surface area (TPSA) is 123 Å². The van der Waals surface area contributed by atoms with Gasteiger partial charge in [0, 0.05) is 32.7 Å². The molecule has 0 aliphatic heterocycles. The zero-order valence-electron chi connectivity index (χ0n) is 19.4. The Morgan fingerprint density at radius 1 is 1.09 bits per heavy atom. The summed E-state index contributed by atoms with van der Waals surface area (Å²) >= 11 is 0. The van der Waals surface area contributed by atoms with Crippen LogP contribution in [0.15, 0.2) is 54.6 Å². The molecule has 3 aromatic rings. The van der Waals surface area contributed by atoms with Gasteiger partial charge in [-0.1, -0.05) is 48.5 Å². The first-order valence-electron chi connectivity index (χ1n) is 11.0. The van der Waals surface area contributed by atoms with Crippen molar-refractivity contribution in [1.29, 1.82) is 0 Å². The van der Waals surface area contributed by atoms with Gasteiger partial charge in [-0.3, -0.25) is 19.6 Å². The standard InChI is InChI=1S/C25H26N4O6/c1-28-22(13-21(27-28)24(32)29(11-12-34-2)14-23(30)31)26-25(33)35-15-20-18-9-5-3-7-16(18)17-8-4-6-10-19(17)20/h3-10,13,20H,11-12,14-15H2,1-2H3,(H,26,33)(H,30,31). The van der Waals surface area contributed by atoms with Gasteiger partial charge < -0.3 is 19.5 Å². The van der Waals surface area contributed by atoms with Gasteiger partial charge >= 0.3 is 12.1 Å². The van der Waals surface area contributed by atoms with Crippen molar-refractivity contribution < 1.29 is 29.0 Å². The third-order valence-electron chi connectivity index (χ3n) is 5.85. The van der Waals surface area contributed by atoms with E-state index in [0.717, 1.165) is 27.2 Å². The highest BCUT2D eigenvalue weighted by Crippen LogP contribution is 2.44. The van der Waals surface area contributed by atoms with E-state index in [1.165, 1.54) is 17.9 Å². The molecule has 0 unspecified atom stereocenters. The SMILES string of the molecule is COCCN(CC(=O)O)C(=O)c1cc(NC(=O)OCC2c3ccccc3-c3ccccc32)n(C)n1. The van der Waals surface area contributed by atoms with Crippen LogP contribution in [0.3, 0.4) is 0 Å². The van der Waals surface area contributed by atoms with Crippen molar-refractivity contribution in [2.45, 2.75) is 5.92 Å². The number of nitrogens with one attached hydrogen (secondary N) is 1. The summed E-state index contributed by atoms with van der Waals surface area (Å²) in [6.45, 7) is -0.0785. The fourth-order valence-electron chi connectivity index (χ4n) is 4.21. The first-order valence-corrected chi connectivity index (χ1v) is 11.0. The van der Waals surface area contributed by atoms with Crippen LogP contribution in [-0.2, 0) is 21.3 Å². The number of fused-ring (bicyclic) bond motifs is 3. The number of nitrogens with zero attached hydrogens (tertiary/aromatic N) is 3. The molecule has 1 aromatic heterocycles. The second-order valence-corrected chi connectivity index (χ2v) is 8.10. The molecule has 1 heterocycles. The zero-order valence-corrected chi connectivity index (χ0v) is 19.4. The van der Waals surface area contributed by atoms with Crippen LogP contribution in [0.5, 0.6) is 0 Å². The van der Waals surface area contributed by atoms with E-state index in [9.17, 15) is 14.4 Å². The number of hydrogen-bond donors (Lipinski definition) is 2.